The van der Waals surface area contributed by atoms with Crippen LogP contribution in [0.5, 0.6) is 11.5 Å². The lowest BCUT2D eigenvalue weighted by Crippen LogP contribution is -2.31. The molecule has 1 amide bonds. The molecule has 0 unspecified atom stereocenters. The first-order valence-corrected chi connectivity index (χ1v) is 17.0. The van der Waals surface area contributed by atoms with Crippen molar-refractivity contribution >= 4 is 22.9 Å². The van der Waals surface area contributed by atoms with Gasteiger partial charge in [0.25, 0.3) is 5.91 Å². The predicted molar refractivity (Wildman–Crippen MR) is 176 cm³/mol. The summed E-state index contributed by atoms with van der Waals surface area (Å²) in [5.74, 6) is 1.14. The largest absolute Gasteiger partial charge is 0.490 e. The van der Waals surface area contributed by atoms with Crippen molar-refractivity contribution in [2.45, 2.75) is 117 Å². The van der Waals surface area contributed by atoms with Crippen molar-refractivity contribution in [3.63, 3.8) is 0 Å². The number of benzene rings is 2. The number of amides is 1. The molecule has 0 aliphatic carbocycles. The van der Waals surface area contributed by atoms with Gasteiger partial charge in [-0.1, -0.05) is 134 Å². The number of hydrogen-bond donors (Lipinski definition) is 1. The van der Waals surface area contributed by atoms with E-state index in [0.29, 0.717) is 24.7 Å². The molecule has 1 aromatic heterocycles. The van der Waals surface area contributed by atoms with E-state index in [0.717, 1.165) is 17.7 Å². The van der Waals surface area contributed by atoms with Crippen molar-refractivity contribution in [2.75, 3.05) is 18.5 Å². The number of nitrogens with zero attached hydrogens (tertiary/aromatic N) is 1. The molecule has 3 rings (SSSR count). The van der Waals surface area contributed by atoms with Gasteiger partial charge >= 0.3 is 0 Å². The Balaban J connectivity index is 1.44. The highest BCUT2D eigenvalue weighted by atomic mass is 32.1. The van der Waals surface area contributed by atoms with Crippen molar-refractivity contribution in [1.29, 1.82) is 0 Å². The minimum Gasteiger partial charge on any atom is -0.490 e. The van der Waals surface area contributed by atoms with Crippen molar-refractivity contribution < 1.29 is 18.8 Å². The van der Waals surface area contributed by atoms with Crippen LogP contribution in [0.4, 0.5) is 5.69 Å². The second-order valence-corrected chi connectivity index (χ2v) is 13.1. The molecular formula is C36H53N2O3S+. The highest BCUT2D eigenvalue weighted by molar-refractivity contribution is 7.07. The molecule has 2 aromatic carbocycles. The lowest BCUT2D eigenvalue weighted by molar-refractivity contribution is -0.683. The molecule has 0 aliphatic rings. The molecular weight excluding hydrogens is 540 g/mol. The van der Waals surface area contributed by atoms with E-state index in [1.807, 2.05) is 41.9 Å². The molecule has 0 saturated carbocycles. The van der Waals surface area contributed by atoms with E-state index < -0.39 is 0 Å². The Morgan fingerprint density at radius 3 is 2.14 bits per heavy atom. The first kappa shape index (κ1) is 33.6. The molecule has 5 nitrogen and oxygen atoms in total. The highest BCUT2D eigenvalue weighted by Gasteiger charge is 2.18. The molecule has 0 atom stereocenters. The minimum absolute atomic E-state index is 0.00576. The maximum atomic E-state index is 12.9. The number of unbranched alkanes of at least 4 members (excludes halogenated alkanes) is 11. The second-order valence-electron chi connectivity index (χ2n) is 12.3. The summed E-state index contributed by atoms with van der Waals surface area (Å²) in [6.07, 6.45) is 17.8. The molecule has 0 radical (unpaired) electrons. The standard InChI is InChI=1S/C36H52N2O3S/c1-5-6-7-8-9-10-11-12-13-14-15-18-24-40-34-26-31(36(2,3)4)21-22-33(34)41-28-35(39)37-32-20-17-16-19-30(32)27-38-23-25-42-29-38/h16-17,19-23,25-26,29H,5-15,18,24,27-28H2,1-4H3/p+1. The molecule has 42 heavy (non-hydrogen) atoms. The van der Waals surface area contributed by atoms with E-state index in [9.17, 15) is 4.79 Å². The number of thiazole rings is 1. The van der Waals surface area contributed by atoms with Crippen molar-refractivity contribution in [3.8, 4) is 11.5 Å². The smallest absolute Gasteiger partial charge is 0.262 e. The minimum atomic E-state index is -0.190. The molecule has 0 bridgehead atoms. The quantitative estimate of drug-likeness (QED) is 0.105. The maximum absolute atomic E-state index is 12.9. The third-order valence-corrected chi connectivity index (χ3v) is 8.27. The molecule has 230 valence electrons. The van der Waals surface area contributed by atoms with Gasteiger partial charge in [0.2, 0.25) is 5.51 Å². The zero-order valence-corrected chi connectivity index (χ0v) is 27.3. The van der Waals surface area contributed by atoms with Gasteiger partial charge < -0.3 is 14.8 Å². The van der Waals surface area contributed by atoms with Crippen molar-refractivity contribution in [1.82, 2.24) is 0 Å². The lowest BCUT2D eigenvalue weighted by atomic mass is 9.87. The average Bonchev–Trinajstić information content (AvgIpc) is 3.48. The Labute approximate surface area is 258 Å². The SMILES string of the molecule is CCCCCCCCCCCCCCOc1cc(C(C)(C)C)ccc1OCC(=O)Nc1ccccc1C[n+]1ccsc1. The van der Waals surface area contributed by atoms with Gasteiger partial charge in [-0.05, 0) is 35.6 Å². The van der Waals surface area contributed by atoms with Gasteiger partial charge in [-0.25, -0.2) is 0 Å². The third kappa shape index (κ3) is 12.6. The summed E-state index contributed by atoms with van der Waals surface area (Å²) >= 11 is 1.65. The Kier molecular flexibility index (Phi) is 14.9. The summed E-state index contributed by atoms with van der Waals surface area (Å²) in [6, 6.07) is 14.0. The summed E-state index contributed by atoms with van der Waals surface area (Å²) in [5.41, 5.74) is 5.09. The number of carbonyl (C=O) groups excluding carboxylic acids is 1. The zero-order chi connectivity index (χ0) is 30.0. The number of carbonyl (C=O) groups is 1. The predicted octanol–water partition coefficient (Wildman–Crippen LogP) is 9.48. The molecule has 6 heteroatoms. The van der Waals surface area contributed by atoms with Gasteiger partial charge in [-0.15, -0.1) is 0 Å². The summed E-state index contributed by atoms with van der Waals surface area (Å²) in [7, 11) is 0. The van der Waals surface area contributed by atoms with E-state index >= 15 is 0 Å². The summed E-state index contributed by atoms with van der Waals surface area (Å²) < 4.78 is 14.3. The van der Waals surface area contributed by atoms with Crippen LogP contribution < -0.4 is 19.4 Å². The van der Waals surface area contributed by atoms with E-state index in [1.54, 1.807) is 11.3 Å². The Hall–Kier alpha value is -2.86. The van der Waals surface area contributed by atoms with Gasteiger partial charge in [0.05, 0.1) is 17.7 Å². The van der Waals surface area contributed by atoms with Gasteiger partial charge in [0, 0.05) is 5.56 Å². The molecule has 0 fully saturated rings. The normalized spacial score (nSPS) is 11.4. The number of hydrogen-bond acceptors (Lipinski definition) is 4. The Bertz CT molecular complexity index is 1170. The van der Waals surface area contributed by atoms with Crippen LogP contribution in [0.15, 0.2) is 59.6 Å². The van der Waals surface area contributed by atoms with Crippen LogP contribution in [0, 0.1) is 0 Å². The van der Waals surface area contributed by atoms with Crippen LogP contribution in [0.1, 0.15) is 116 Å². The fourth-order valence-electron chi connectivity index (χ4n) is 4.99. The van der Waals surface area contributed by atoms with Gasteiger partial charge in [-0.2, -0.15) is 4.57 Å². The molecule has 0 saturated heterocycles. The number of anilines is 1. The fourth-order valence-corrected chi connectivity index (χ4v) is 5.59. The number of rotatable bonds is 20. The van der Waals surface area contributed by atoms with E-state index in [4.69, 9.17) is 9.47 Å². The molecule has 1 heterocycles. The Morgan fingerprint density at radius 1 is 0.833 bits per heavy atom. The van der Waals surface area contributed by atoms with Crippen LogP contribution in [0.3, 0.4) is 0 Å². The van der Waals surface area contributed by atoms with Crippen LogP contribution in [-0.4, -0.2) is 19.1 Å². The van der Waals surface area contributed by atoms with Crippen molar-refractivity contribution in [2.24, 2.45) is 0 Å². The average molecular weight is 594 g/mol. The van der Waals surface area contributed by atoms with E-state index in [-0.39, 0.29) is 17.9 Å². The molecule has 3 aromatic rings. The van der Waals surface area contributed by atoms with E-state index in [2.05, 4.69) is 55.2 Å². The second kappa shape index (κ2) is 18.6. The van der Waals surface area contributed by atoms with Crippen LogP contribution in [0.25, 0.3) is 0 Å². The van der Waals surface area contributed by atoms with Crippen molar-refractivity contribution in [3.05, 3.63) is 70.7 Å². The van der Waals surface area contributed by atoms with Crippen LogP contribution in [0.2, 0.25) is 0 Å². The molecule has 1 N–H and O–H groups in total. The third-order valence-electron chi connectivity index (χ3n) is 7.60. The number of para-hydroxylation sites is 1. The number of aromatic nitrogens is 1. The fraction of sp³-hybridized carbons (Fsp3) is 0.556. The topological polar surface area (TPSA) is 51.4 Å². The number of ether oxygens (including phenoxy) is 2. The van der Waals surface area contributed by atoms with Gasteiger partial charge in [0.15, 0.2) is 30.8 Å². The maximum Gasteiger partial charge on any atom is 0.262 e. The zero-order valence-electron chi connectivity index (χ0n) is 26.5. The first-order chi connectivity index (χ1) is 20.4. The summed E-state index contributed by atoms with van der Waals surface area (Å²) in [6.45, 7) is 10.1. The van der Waals surface area contributed by atoms with Crippen LogP contribution >= 0.6 is 11.3 Å². The van der Waals surface area contributed by atoms with Gasteiger partial charge in [0.1, 0.15) is 0 Å². The highest BCUT2D eigenvalue weighted by Crippen LogP contribution is 2.33. The number of nitrogens with one attached hydrogen (secondary N) is 1. The molecule has 0 aliphatic heterocycles. The van der Waals surface area contributed by atoms with Gasteiger partial charge in [-0.3, -0.25) is 4.79 Å². The lowest BCUT2D eigenvalue weighted by Gasteiger charge is -2.21. The summed E-state index contributed by atoms with van der Waals surface area (Å²) in [5, 5.41) is 5.07. The summed E-state index contributed by atoms with van der Waals surface area (Å²) in [4.78, 5) is 12.9. The Morgan fingerprint density at radius 2 is 1.50 bits per heavy atom. The van der Waals surface area contributed by atoms with E-state index in [1.165, 1.54) is 76.2 Å². The van der Waals surface area contributed by atoms with Crippen LogP contribution in [-0.2, 0) is 16.8 Å². The first-order valence-electron chi connectivity index (χ1n) is 16.1. The molecule has 0 spiro atoms. The monoisotopic (exact) mass is 593 g/mol.